The number of rotatable bonds is 18. The molecule has 1 aliphatic heterocycles. The number of hydrogen-bond donors (Lipinski definition) is 5. The van der Waals surface area contributed by atoms with Crippen molar-refractivity contribution in [3.05, 3.63) is 35.9 Å². The summed E-state index contributed by atoms with van der Waals surface area (Å²) in [6.45, 7) is 3.59. The predicted octanol–water partition coefficient (Wildman–Crippen LogP) is -0.687. The lowest BCUT2D eigenvalue weighted by Crippen LogP contribution is -2.64. The van der Waals surface area contributed by atoms with Gasteiger partial charge in [-0.15, -0.1) is 0 Å². The molecule has 216 valence electrons. The molecule has 38 heavy (non-hydrogen) atoms. The van der Waals surface area contributed by atoms with Gasteiger partial charge in [0.1, 0.15) is 24.9 Å². The van der Waals surface area contributed by atoms with Gasteiger partial charge in [-0.3, -0.25) is 4.79 Å². The van der Waals surface area contributed by atoms with Gasteiger partial charge in [0, 0.05) is 20.1 Å². The number of carbonyl (C=O) groups is 2. The zero-order valence-corrected chi connectivity index (χ0v) is 21.7. The van der Waals surface area contributed by atoms with Crippen LogP contribution in [0.4, 0.5) is 4.79 Å². The van der Waals surface area contributed by atoms with E-state index in [-0.39, 0.29) is 32.8 Å². The van der Waals surface area contributed by atoms with Crippen molar-refractivity contribution < 1.29 is 53.3 Å². The fourth-order valence-electron chi connectivity index (χ4n) is 3.59. The Morgan fingerprint density at radius 1 is 0.921 bits per heavy atom. The van der Waals surface area contributed by atoms with Crippen molar-refractivity contribution in [3.8, 4) is 0 Å². The summed E-state index contributed by atoms with van der Waals surface area (Å²) >= 11 is 0. The summed E-state index contributed by atoms with van der Waals surface area (Å²) in [5.74, 6) is -0.408. The number of aliphatic hydroxyl groups is 3. The largest absolute Gasteiger partial charge is 0.445 e. The van der Waals surface area contributed by atoms with E-state index in [1.165, 1.54) is 6.92 Å². The van der Waals surface area contributed by atoms with Crippen LogP contribution in [0.25, 0.3) is 0 Å². The molecule has 0 radical (unpaired) electrons. The second kappa shape index (κ2) is 18.8. The lowest BCUT2D eigenvalue weighted by Gasteiger charge is -2.42. The highest BCUT2D eigenvalue weighted by Gasteiger charge is 2.45. The van der Waals surface area contributed by atoms with Crippen LogP contribution in [0.1, 0.15) is 18.9 Å². The van der Waals surface area contributed by atoms with Crippen LogP contribution in [0.2, 0.25) is 0 Å². The molecule has 0 saturated carbocycles. The van der Waals surface area contributed by atoms with E-state index in [9.17, 15) is 19.8 Å². The molecule has 1 fully saturated rings. The molecule has 1 aromatic rings. The Bertz CT molecular complexity index is 786. The van der Waals surface area contributed by atoms with Crippen LogP contribution in [0.5, 0.6) is 0 Å². The van der Waals surface area contributed by atoms with Crippen LogP contribution in [0.15, 0.2) is 30.3 Å². The van der Waals surface area contributed by atoms with E-state index < -0.39 is 42.6 Å². The summed E-state index contributed by atoms with van der Waals surface area (Å²) in [5, 5.41) is 34.8. The molecule has 1 aliphatic rings. The van der Waals surface area contributed by atoms with Crippen LogP contribution in [-0.4, -0.2) is 117 Å². The van der Waals surface area contributed by atoms with E-state index in [0.717, 1.165) is 5.56 Å². The molecule has 2 amide bonds. The van der Waals surface area contributed by atoms with Crippen LogP contribution in [0.3, 0.4) is 0 Å². The van der Waals surface area contributed by atoms with Gasteiger partial charge < -0.3 is 54.4 Å². The smallest absolute Gasteiger partial charge is 0.407 e. The quantitative estimate of drug-likeness (QED) is 0.148. The summed E-state index contributed by atoms with van der Waals surface area (Å²) in [6, 6.07) is 8.44. The summed E-state index contributed by atoms with van der Waals surface area (Å²) in [4.78, 5) is 23.1. The molecule has 0 bridgehead atoms. The molecule has 0 aromatic heterocycles. The van der Waals surface area contributed by atoms with Crippen LogP contribution >= 0.6 is 0 Å². The monoisotopic (exact) mass is 544 g/mol. The molecule has 0 spiro atoms. The molecule has 0 aliphatic carbocycles. The Morgan fingerprint density at radius 3 is 2.18 bits per heavy atom. The maximum Gasteiger partial charge on any atom is 0.407 e. The van der Waals surface area contributed by atoms with E-state index in [2.05, 4.69) is 10.6 Å². The zero-order valence-electron chi connectivity index (χ0n) is 21.7. The van der Waals surface area contributed by atoms with Crippen molar-refractivity contribution >= 4 is 12.0 Å². The third-order valence-corrected chi connectivity index (χ3v) is 5.47. The number of alkyl carbamates (subject to hydrolysis) is 1. The predicted molar refractivity (Wildman–Crippen MR) is 133 cm³/mol. The first kappa shape index (κ1) is 31.9. The van der Waals surface area contributed by atoms with E-state index in [4.69, 9.17) is 33.5 Å². The first-order valence-corrected chi connectivity index (χ1v) is 12.6. The van der Waals surface area contributed by atoms with E-state index in [0.29, 0.717) is 39.6 Å². The number of benzene rings is 1. The molecular formula is C25H40N2O11. The number of carbonyl (C=O) groups excluding carboxylic acids is 2. The first-order chi connectivity index (χ1) is 18.4. The molecule has 1 saturated heterocycles. The SMILES string of the molecule is CC(=O)N[C@H]1C(OCCOCCOCCOCCNC(=O)OCc2ccccc2)O[C@H](CCO)[C@H](O)[C@@H]1O. The second-order valence-electron chi connectivity index (χ2n) is 8.46. The highest BCUT2D eigenvalue weighted by atomic mass is 16.7. The zero-order chi connectivity index (χ0) is 27.6. The number of amides is 2. The molecule has 2 rings (SSSR count). The van der Waals surface area contributed by atoms with Gasteiger partial charge in [-0.2, -0.15) is 0 Å². The first-order valence-electron chi connectivity index (χ1n) is 12.6. The molecule has 5 N–H and O–H groups in total. The highest BCUT2D eigenvalue weighted by molar-refractivity contribution is 5.73. The van der Waals surface area contributed by atoms with Crippen molar-refractivity contribution in [3.63, 3.8) is 0 Å². The minimum atomic E-state index is -1.31. The molecule has 1 aromatic carbocycles. The average Bonchev–Trinajstić information content (AvgIpc) is 2.91. The number of ether oxygens (including phenoxy) is 6. The average molecular weight is 545 g/mol. The van der Waals surface area contributed by atoms with Gasteiger partial charge in [0.05, 0.1) is 52.4 Å². The summed E-state index contributed by atoms with van der Waals surface area (Å²) in [7, 11) is 0. The Morgan fingerprint density at radius 2 is 1.55 bits per heavy atom. The van der Waals surface area contributed by atoms with Crippen LogP contribution in [0, 0.1) is 0 Å². The third-order valence-electron chi connectivity index (χ3n) is 5.47. The molecule has 13 heteroatoms. The minimum Gasteiger partial charge on any atom is -0.445 e. The van der Waals surface area contributed by atoms with Gasteiger partial charge in [0.25, 0.3) is 0 Å². The van der Waals surface area contributed by atoms with Crippen molar-refractivity contribution in [2.45, 2.75) is 50.6 Å². The number of aliphatic hydroxyl groups excluding tert-OH is 3. The standard InChI is InChI=1S/C25H40N2O11/c1-18(29)27-21-23(31)22(30)20(7-9-28)38-24(21)36-16-15-35-14-13-34-12-11-33-10-8-26-25(32)37-17-19-5-3-2-4-6-19/h2-6,20-24,28,30-31H,7-17H2,1H3,(H,26,32)(H,27,29)/t20-,21-,22+,23-,24?/m1/s1. The maximum atomic E-state index is 11.6. The molecule has 5 atom stereocenters. The van der Waals surface area contributed by atoms with E-state index >= 15 is 0 Å². The fourth-order valence-corrected chi connectivity index (χ4v) is 3.59. The number of nitrogens with one attached hydrogen (secondary N) is 2. The lowest BCUT2D eigenvalue weighted by atomic mass is 9.95. The van der Waals surface area contributed by atoms with Gasteiger partial charge in [0.2, 0.25) is 5.91 Å². The fraction of sp³-hybridized carbons (Fsp3) is 0.680. The molecule has 1 heterocycles. The van der Waals surface area contributed by atoms with Crippen molar-refractivity contribution in [2.24, 2.45) is 0 Å². The van der Waals surface area contributed by atoms with Crippen molar-refractivity contribution in [1.82, 2.24) is 10.6 Å². The summed E-state index contributed by atoms with van der Waals surface area (Å²) in [6.07, 6.45) is -4.81. The Balaban J connectivity index is 1.45. The van der Waals surface area contributed by atoms with Gasteiger partial charge in [-0.05, 0) is 12.0 Å². The van der Waals surface area contributed by atoms with Gasteiger partial charge in [-0.1, -0.05) is 30.3 Å². The van der Waals surface area contributed by atoms with Crippen molar-refractivity contribution in [1.29, 1.82) is 0 Å². The molecular weight excluding hydrogens is 504 g/mol. The van der Waals surface area contributed by atoms with Gasteiger partial charge in [0.15, 0.2) is 6.29 Å². The topological polar surface area (TPSA) is 174 Å². The molecule has 1 unspecified atom stereocenters. The normalized spacial score (nSPS) is 23.1. The number of hydrogen-bond acceptors (Lipinski definition) is 11. The lowest BCUT2D eigenvalue weighted by molar-refractivity contribution is -0.268. The Hall–Kier alpha value is -2.36. The molecule has 13 nitrogen and oxygen atoms in total. The maximum absolute atomic E-state index is 11.6. The minimum absolute atomic E-state index is 0.110. The summed E-state index contributed by atoms with van der Waals surface area (Å²) < 4.78 is 32.6. The van der Waals surface area contributed by atoms with Gasteiger partial charge in [-0.25, -0.2) is 4.79 Å². The Kier molecular flexibility index (Phi) is 15.8. The van der Waals surface area contributed by atoms with Gasteiger partial charge >= 0.3 is 6.09 Å². The third kappa shape index (κ3) is 12.5. The Labute approximate surface area is 222 Å². The van der Waals surface area contributed by atoms with Crippen LogP contribution in [-0.2, 0) is 39.8 Å². The van der Waals surface area contributed by atoms with Crippen LogP contribution < -0.4 is 10.6 Å². The highest BCUT2D eigenvalue weighted by Crippen LogP contribution is 2.24. The van der Waals surface area contributed by atoms with Crippen molar-refractivity contribution in [2.75, 3.05) is 59.4 Å². The van der Waals surface area contributed by atoms with E-state index in [1.54, 1.807) is 0 Å². The van der Waals surface area contributed by atoms with E-state index in [1.807, 2.05) is 30.3 Å². The summed E-state index contributed by atoms with van der Waals surface area (Å²) in [5.41, 5.74) is 0.911. The second-order valence-corrected chi connectivity index (χ2v) is 8.46.